The second-order valence-electron chi connectivity index (χ2n) is 6.22. The van der Waals surface area contributed by atoms with Crippen LogP contribution in [0.2, 0.25) is 0 Å². The van der Waals surface area contributed by atoms with Crippen LogP contribution in [0.1, 0.15) is 12.8 Å². The molecule has 0 bridgehead atoms. The van der Waals surface area contributed by atoms with E-state index >= 15 is 0 Å². The van der Waals surface area contributed by atoms with Crippen molar-refractivity contribution in [2.75, 3.05) is 23.4 Å². The zero-order chi connectivity index (χ0) is 18.6. The van der Waals surface area contributed by atoms with Crippen LogP contribution in [0.5, 0.6) is 0 Å². The average molecular weight is 376 g/mol. The number of anilines is 1. The fourth-order valence-electron chi connectivity index (χ4n) is 2.81. The van der Waals surface area contributed by atoms with Crippen molar-refractivity contribution in [1.82, 2.24) is 15.6 Å². The van der Waals surface area contributed by atoms with Gasteiger partial charge in [0, 0.05) is 24.4 Å². The minimum atomic E-state index is -3.03. The lowest BCUT2D eigenvalue weighted by Crippen LogP contribution is -2.38. The van der Waals surface area contributed by atoms with Crippen LogP contribution in [0, 0.1) is 0 Å². The number of amides is 3. The largest absolute Gasteiger partial charge is 0.352 e. The maximum absolute atomic E-state index is 11.9. The maximum atomic E-state index is 11.9. The number of fused-ring (bicyclic) bond motifs is 1. The molecule has 1 fully saturated rings. The van der Waals surface area contributed by atoms with Gasteiger partial charge in [-0.15, -0.1) is 0 Å². The van der Waals surface area contributed by atoms with E-state index < -0.39 is 15.9 Å². The summed E-state index contributed by atoms with van der Waals surface area (Å²) in [6.07, 6.45) is 2.09. The Hall–Kier alpha value is -2.68. The quantitative estimate of drug-likeness (QED) is 0.721. The van der Waals surface area contributed by atoms with Gasteiger partial charge in [0.15, 0.2) is 9.84 Å². The van der Waals surface area contributed by atoms with Gasteiger partial charge in [0.25, 0.3) is 0 Å². The van der Waals surface area contributed by atoms with Crippen molar-refractivity contribution in [3.05, 3.63) is 36.5 Å². The smallest absolute Gasteiger partial charge is 0.319 e. The zero-order valence-corrected chi connectivity index (χ0v) is 14.9. The molecule has 2 aromatic rings. The van der Waals surface area contributed by atoms with Gasteiger partial charge in [0.05, 0.1) is 28.9 Å². The van der Waals surface area contributed by atoms with Gasteiger partial charge in [-0.25, -0.2) is 13.2 Å². The number of urea groups is 1. The normalized spacial score (nSPS) is 18.4. The van der Waals surface area contributed by atoms with E-state index in [2.05, 4.69) is 20.9 Å². The Labute approximate surface area is 151 Å². The van der Waals surface area contributed by atoms with Crippen molar-refractivity contribution in [2.45, 2.75) is 18.9 Å². The maximum Gasteiger partial charge on any atom is 0.319 e. The molecule has 1 atom stereocenters. The van der Waals surface area contributed by atoms with Crippen molar-refractivity contribution in [3.63, 3.8) is 0 Å². The van der Waals surface area contributed by atoms with Gasteiger partial charge in [-0.1, -0.05) is 18.2 Å². The number of rotatable bonds is 5. The van der Waals surface area contributed by atoms with Crippen LogP contribution in [0.15, 0.2) is 36.5 Å². The molecule has 0 radical (unpaired) electrons. The van der Waals surface area contributed by atoms with E-state index in [1.807, 2.05) is 30.3 Å². The molecule has 0 saturated carbocycles. The monoisotopic (exact) mass is 376 g/mol. The SMILES string of the molecule is O=C(CCNC(=O)Nc1cnc2ccccc2c1)N[C@H]1CCS(=O)(=O)C1. The molecule has 9 heteroatoms. The summed E-state index contributed by atoms with van der Waals surface area (Å²) in [4.78, 5) is 28.0. The molecule has 1 saturated heterocycles. The highest BCUT2D eigenvalue weighted by atomic mass is 32.2. The third-order valence-electron chi connectivity index (χ3n) is 4.08. The summed E-state index contributed by atoms with van der Waals surface area (Å²) in [5.74, 6) is -0.181. The summed E-state index contributed by atoms with van der Waals surface area (Å²) in [5.41, 5.74) is 1.39. The lowest BCUT2D eigenvalue weighted by atomic mass is 10.2. The van der Waals surface area contributed by atoms with E-state index in [-0.39, 0.29) is 36.4 Å². The molecular weight excluding hydrogens is 356 g/mol. The van der Waals surface area contributed by atoms with Gasteiger partial charge in [0.2, 0.25) is 5.91 Å². The number of hydrogen-bond donors (Lipinski definition) is 3. The van der Waals surface area contributed by atoms with Gasteiger partial charge in [-0.3, -0.25) is 9.78 Å². The van der Waals surface area contributed by atoms with Gasteiger partial charge in [-0.05, 0) is 18.6 Å². The topological polar surface area (TPSA) is 117 Å². The zero-order valence-electron chi connectivity index (χ0n) is 14.1. The molecule has 3 rings (SSSR count). The molecular formula is C17H20N4O4S. The number of nitrogens with one attached hydrogen (secondary N) is 3. The molecule has 138 valence electrons. The van der Waals surface area contributed by atoms with Gasteiger partial charge in [0.1, 0.15) is 0 Å². The fourth-order valence-corrected chi connectivity index (χ4v) is 4.49. The molecule has 0 spiro atoms. The summed E-state index contributed by atoms with van der Waals surface area (Å²) >= 11 is 0. The number of nitrogens with zero attached hydrogens (tertiary/aromatic N) is 1. The van der Waals surface area contributed by atoms with Crippen LogP contribution in [-0.2, 0) is 14.6 Å². The molecule has 8 nitrogen and oxygen atoms in total. The summed E-state index contributed by atoms with van der Waals surface area (Å²) < 4.78 is 22.7. The van der Waals surface area contributed by atoms with Crippen molar-refractivity contribution in [2.24, 2.45) is 0 Å². The van der Waals surface area contributed by atoms with Crippen molar-refractivity contribution < 1.29 is 18.0 Å². The van der Waals surface area contributed by atoms with Crippen LogP contribution in [0.4, 0.5) is 10.5 Å². The van der Waals surface area contributed by atoms with Gasteiger partial charge < -0.3 is 16.0 Å². The molecule has 0 unspecified atom stereocenters. The molecule has 26 heavy (non-hydrogen) atoms. The van der Waals surface area contributed by atoms with E-state index in [0.717, 1.165) is 10.9 Å². The summed E-state index contributed by atoms with van der Waals surface area (Å²) in [6.45, 7) is 0.151. The van der Waals surface area contributed by atoms with Gasteiger partial charge >= 0.3 is 6.03 Å². The van der Waals surface area contributed by atoms with Crippen LogP contribution >= 0.6 is 0 Å². The number of sulfone groups is 1. The number of pyridine rings is 1. The molecule has 1 aliphatic heterocycles. The van der Waals surface area contributed by atoms with E-state index in [0.29, 0.717) is 12.1 Å². The molecule has 2 heterocycles. The first kappa shape index (κ1) is 18.1. The summed E-state index contributed by atoms with van der Waals surface area (Å²) in [5, 5.41) is 8.85. The predicted molar refractivity (Wildman–Crippen MR) is 98.6 cm³/mol. The first-order valence-electron chi connectivity index (χ1n) is 8.31. The lowest BCUT2D eigenvalue weighted by molar-refractivity contribution is -0.121. The van der Waals surface area contributed by atoms with Crippen molar-refractivity contribution in [3.8, 4) is 0 Å². The third-order valence-corrected chi connectivity index (χ3v) is 5.85. The van der Waals surface area contributed by atoms with Gasteiger partial charge in [-0.2, -0.15) is 0 Å². The first-order valence-corrected chi connectivity index (χ1v) is 10.1. The van der Waals surface area contributed by atoms with Crippen molar-refractivity contribution in [1.29, 1.82) is 0 Å². The van der Waals surface area contributed by atoms with Crippen molar-refractivity contribution >= 4 is 38.4 Å². The molecule has 1 aromatic heterocycles. The molecule has 1 aromatic carbocycles. The molecule has 1 aliphatic rings. The van der Waals surface area contributed by atoms with E-state index in [1.54, 1.807) is 6.20 Å². The number of carbonyl (C=O) groups excluding carboxylic acids is 2. The number of hydrogen-bond acceptors (Lipinski definition) is 5. The number of aromatic nitrogens is 1. The van der Waals surface area contributed by atoms with Crippen LogP contribution in [0.3, 0.4) is 0 Å². The predicted octanol–water partition coefficient (Wildman–Crippen LogP) is 1.05. The Morgan fingerprint density at radius 1 is 1.23 bits per heavy atom. The van der Waals surface area contributed by atoms with E-state index in [1.165, 1.54) is 0 Å². The molecule has 3 amide bonds. The second-order valence-corrected chi connectivity index (χ2v) is 8.44. The Kier molecular flexibility index (Phi) is 5.36. The van der Waals surface area contributed by atoms with E-state index in [9.17, 15) is 18.0 Å². The molecule has 3 N–H and O–H groups in total. The number of carbonyl (C=O) groups is 2. The first-order chi connectivity index (χ1) is 12.4. The lowest BCUT2D eigenvalue weighted by Gasteiger charge is -2.11. The summed E-state index contributed by atoms with van der Waals surface area (Å²) in [7, 11) is -3.03. The highest BCUT2D eigenvalue weighted by Crippen LogP contribution is 2.15. The van der Waals surface area contributed by atoms with Crippen LogP contribution < -0.4 is 16.0 Å². The fraction of sp³-hybridized carbons (Fsp3) is 0.353. The van der Waals surface area contributed by atoms with Crippen LogP contribution in [-0.4, -0.2) is 49.4 Å². The van der Waals surface area contributed by atoms with E-state index in [4.69, 9.17) is 0 Å². The van der Waals surface area contributed by atoms with Crippen LogP contribution in [0.25, 0.3) is 10.9 Å². The Balaban J connectivity index is 1.41. The molecule has 0 aliphatic carbocycles. The number of para-hydroxylation sites is 1. The Bertz CT molecular complexity index is 929. The summed E-state index contributed by atoms with van der Waals surface area (Å²) in [6, 6.07) is 8.62. The Morgan fingerprint density at radius 3 is 2.81 bits per heavy atom. The Morgan fingerprint density at radius 2 is 2.04 bits per heavy atom. The third kappa shape index (κ3) is 4.92. The minimum absolute atomic E-state index is 0.0123. The number of benzene rings is 1. The average Bonchev–Trinajstić information content (AvgIpc) is 2.93. The highest BCUT2D eigenvalue weighted by Gasteiger charge is 2.28. The minimum Gasteiger partial charge on any atom is -0.352 e. The standard InChI is InChI=1S/C17H20N4O4S/c22-16(20-13-6-8-26(24,25)11-13)5-7-18-17(23)21-14-9-12-3-1-2-4-15(12)19-10-14/h1-4,9-10,13H,5-8,11H2,(H,20,22)(H2,18,21,23)/t13-/m0/s1. The highest BCUT2D eigenvalue weighted by molar-refractivity contribution is 7.91. The second kappa shape index (κ2) is 7.69.